The molecule has 0 spiro atoms. The highest BCUT2D eigenvalue weighted by Gasteiger charge is 2.15. The lowest BCUT2D eigenvalue weighted by atomic mass is 10.0. The number of halogens is 3. The van der Waals surface area contributed by atoms with Crippen LogP contribution in [0.4, 0.5) is 24.7 Å². The lowest BCUT2D eigenvalue weighted by Gasteiger charge is -2.13. The summed E-state index contributed by atoms with van der Waals surface area (Å²) in [7, 11) is 0. The number of hydrogen-bond acceptors (Lipinski definition) is 4. The van der Waals surface area contributed by atoms with E-state index in [1.165, 1.54) is 18.3 Å². The van der Waals surface area contributed by atoms with E-state index >= 15 is 0 Å². The van der Waals surface area contributed by atoms with E-state index in [0.717, 1.165) is 6.07 Å². The standard InChI is InChI=1S/C13H12F3N3O/c14-9-2-1-3-10(20-13(15)16)8(9)6-7-4-5-19-12(18)11(7)17/h1-5,13H,6,17H2,(H2,18,19). The Labute approximate surface area is 113 Å². The van der Waals surface area contributed by atoms with Crippen molar-refractivity contribution in [2.75, 3.05) is 11.5 Å². The normalized spacial score (nSPS) is 10.8. The summed E-state index contributed by atoms with van der Waals surface area (Å²) in [5.41, 5.74) is 12.0. The van der Waals surface area contributed by atoms with E-state index in [0.29, 0.717) is 5.56 Å². The molecule has 1 heterocycles. The molecular formula is C13H12F3N3O. The van der Waals surface area contributed by atoms with E-state index < -0.39 is 12.4 Å². The Hall–Kier alpha value is -2.44. The molecule has 4 N–H and O–H groups in total. The SMILES string of the molecule is Nc1nccc(Cc2c(F)cccc2OC(F)F)c1N. The molecule has 0 amide bonds. The van der Waals surface area contributed by atoms with Crippen LogP contribution < -0.4 is 16.2 Å². The molecule has 1 aromatic carbocycles. The van der Waals surface area contributed by atoms with Crippen LogP contribution in [0.3, 0.4) is 0 Å². The van der Waals surface area contributed by atoms with Crippen molar-refractivity contribution in [2.45, 2.75) is 13.0 Å². The summed E-state index contributed by atoms with van der Waals surface area (Å²) in [6, 6.07) is 5.27. The van der Waals surface area contributed by atoms with Crippen molar-refractivity contribution in [2.24, 2.45) is 0 Å². The first-order valence-corrected chi connectivity index (χ1v) is 5.70. The van der Waals surface area contributed by atoms with Gasteiger partial charge in [0.05, 0.1) is 5.69 Å². The highest BCUT2D eigenvalue weighted by atomic mass is 19.3. The van der Waals surface area contributed by atoms with Gasteiger partial charge in [-0.1, -0.05) is 6.07 Å². The molecule has 1 aromatic heterocycles. The Bertz CT molecular complexity index is 620. The molecule has 0 aliphatic rings. The molecule has 7 heteroatoms. The Morgan fingerprint density at radius 3 is 2.65 bits per heavy atom. The van der Waals surface area contributed by atoms with Crippen LogP contribution in [-0.2, 0) is 6.42 Å². The lowest BCUT2D eigenvalue weighted by molar-refractivity contribution is -0.0505. The third-order valence-electron chi connectivity index (χ3n) is 2.77. The smallest absolute Gasteiger partial charge is 0.387 e. The molecular weight excluding hydrogens is 271 g/mol. The third kappa shape index (κ3) is 2.93. The van der Waals surface area contributed by atoms with Crippen molar-refractivity contribution < 1.29 is 17.9 Å². The largest absolute Gasteiger partial charge is 0.434 e. The van der Waals surface area contributed by atoms with Gasteiger partial charge in [0.15, 0.2) is 0 Å². The number of aromatic nitrogens is 1. The quantitative estimate of drug-likeness (QED) is 0.904. The number of nitrogen functional groups attached to an aromatic ring is 2. The fraction of sp³-hybridized carbons (Fsp3) is 0.154. The van der Waals surface area contributed by atoms with Crippen molar-refractivity contribution in [1.82, 2.24) is 4.98 Å². The Morgan fingerprint density at radius 2 is 1.95 bits per heavy atom. The second-order valence-corrected chi connectivity index (χ2v) is 4.04. The molecule has 0 aliphatic carbocycles. The molecule has 0 atom stereocenters. The second kappa shape index (κ2) is 5.68. The number of anilines is 2. The molecule has 2 rings (SSSR count). The van der Waals surface area contributed by atoms with Crippen molar-refractivity contribution in [3.63, 3.8) is 0 Å². The first-order chi connectivity index (χ1) is 9.49. The lowest BCUT2D eigenvalue weighted by Crippen LogP contribution is -2.08. The molecule has 0 radical (unpaired) electrons. The number of pyridine rings is 1. The van der Waals surface area contributed by atoms with Gasteiger partial charge < -0.3 is 16.2 Å². The minimum atomic E-state index is -3.03. The number of alkyl halides is 2. The molecule has 2 aromatic rings. The highest BCUT2D eigenvalue weighted by Crippen LogP contribution is 2.28. The van der Waals surface area contributed by atoms with E-state index in [4.69, 9.17) is 11.5 Å². The average Bonchev–Trinajstić information content (AvgIpc) is 2.38. The second-order valence-electron chi connectivity index (χ2n) is 4.04. The predicted octanol–water partition coefficient (Wildman–Crippen LogP) is 2.58. The minimum absolute atomic E-state index is 0.00917. The monoisotopic (exact) mass is 283 g/mol. The minimum Gasteiger partial charge on any atom is -0.434 e. The first-order valence-electron chi connectivity index (χ1n) is 5.70. The van der Waals surface area contributed by atoms with Gasteiger partial charge in [0, 0.05) is 18.2 Å². The first kappa shape index (κ1) is 14.0. The topological polar surface area (TPSA) is 74.2 Å². The van der Waals surface area contributed by atoms with Gasteiger partial charge in [-0.25, -0.2) is 9.37 Å². The number of nitrogens with zero attached hydrogens (tertiary/aromatic N) is 1. The van der Waals surface area contributed by atoms with Gasteiger partial charge in [0.25, 0.3) is 0 Å². The number of nitrogens with two attached hydrogens (primary N) is 2. The number of benzene rings is 1. The molecule has 0 aliphatic heterocycles. The molecule has 20 heavy (non-hydrogen) atoms. The number of rotatable bonds is 4. The molecule has 0 saturated carbocycles. The van der Waals surface area contributed by atoms with Crippen LogP contribution in [0.25, 0.3) is 0 Å². The Morgan fingerprint density at radius 1 is 1.20 bits per heavy atom. The molecule has 0 fully saturated rings. The Kier molecular flexibility index (Phi) is 3.97. The van der Waals surface area contributed by atoms with Crippen molar-refractivity contribution in [3.8, 4) is 5.75 Å². The van der Waals surface area contributed by atoms with E-state index in [1.807, 2.05) is 0 Å². The van der Waals surface area contributed by atoms with Gasteiger partial charge >= 0.3 is 6.61 Å². The van der Waals surface area contributed by atoms with Crippen LogP contribution in [0.5, 0.6) is 5.75 Å². The molecule has 0 unspecified atom stereocenters. The highest BCUT2D eigenvalue weighted by molar-refractivity contribution is 5.63. The fourth-order valence-electron chi connectivity index (χ4n) is 1.79. The molecule has 4 nitrogen and oxygen atoms in total. The van der Waals surface area contributed by atoms with E-state index in [9.17, 15) is 13.2 Å². The fourth-order valence-corrected chi connectivity index (χ4v) is 1.79. The van der Waals surface area contributed by atoms with Gasteiger partial charge in [0.1, 0.15) is 17.4 Å². The summed E-state index contributed by atoms with van der Waals surface area (Å²) in [5.74, 6) is -0.775. The van der Waals surface area contributed by atoms with Gasteiger partial charge in [-0.2, -0.15) is 8.78 Å². The predicted molar refractivity (Wildman–Crippen MR) is 68.9 cm³/mol. The zero-order valence-corrected chi connectivity index (χ0v) is 10.3. The summed E-state index contributed by atoms with van der Waals surface area (Å²) >= 11 is 0. The summed E-state index contributed by atoms with van der Waals surface area (Å²) < 4.78 is 42.7. The average molecular weight is 283 g/mol. The zero-order chi connectivity index (χ0) is 14.7. The van der Waals surface area contributed by atoms with Crippen LogP contribution in [0.1, 0.15) is 11.1 Å². The van der Waals surface area contributed by atoms with Crippen molar-refractivity contribution >= 4 is 11.5 Å². The summed E-state index contributed by atoms with van der Waals surface area (Å²) in [4.78, 5) is 3.78. The maximum Gasteiger partial charge on any atom is 0.387 e. The van der Waals surface area contributed by atoms with Crippen LogP contribution in [0.2, 0.25) is 0 Å². The molecule has 0 bridgehead atoms. The van der Waals surface area contributed by atoms with E-state index in [-0.39, 0.29) is 29.2 Å². The van der Waals surface area contributed by atoms with Crippen LogP contribution in [0.15, 0.2) is 30.5 Å². The third-order valence-corrected chi connectivity index (χ3v) is 2.77. The van der Waals surface area contributed by atoms with Crippen molar-refractivity contribution in [3.05, 3.63) is 47.4 Å². The zero-order valence-electron chi connectivity index (χ0n) is 10.3. The number of hydrogen-bond donors (Lipinski definition) is 2. The van der Waals surface area contributed by atoms with E-state index in [1.54, 1.807) is 6.07 Å². The van der Waals surface area contributed by atoms with Gasteiger partial charge in [0.2, 0.25) is 0 Å². The van der Waals surface area contributed by atoms with Crippen LogP contribution in [0, 0.1) is 5.82 Å². The summed E-state index contributed by atoms with van der Waals surface area (Å²) in [6.07, 6.45) is 1.39. The van der Waals surface area contributed by atoms with Crippen LogP contribution in [-0.4, -0.2) is 11.6 Å². The van der Waals surface area contributed by atoms with E-state index in [2.05, 4.69) is 9.72 Å². The maximum atomic E-state index is 13.8. The van der Waals surface area contributed by atoms with Gasteiger partial charge in [-0.05, 0) is 23.8 Å². The molecule has 106 valence electrons. The number of ether oxygens (including phenoxy) is 1. The molecule has 0 saturated heterocycles. The Balaban J connectivity index is 2.40. The van der Waals surface area contributed by atoms with Gasteiger partial charge in [-0.15, -0.1) is 0 Å². The summed E-state index contributed by atoms with van der Waals surface area (Å²) in [6.45, 7) is -3.03. The maximum absolute atomic E-state index is 13.8. The van der Waals surface area contributed by atoms with Gasteiger partial charge in [-0.3, -0.25) is 0 Å². The van der Waals surface area contributed by atoms with Crippen molar-refractivity contribution in [1.29, 1.82) is 0 Å². The van der Waals surface area contributed by atoms with Crippen LogP contribution >= 0.6 is 0 Å². The summed E-state index contributed by atoms with van der Waals surface area (Å²) in [5, 5.41) is 0.